The average Bonchev–Trinajstić information content (AvgIpc) is 2.37. The Morgan fingerprint density at radius 2 is 1.89 bits per heavy atom. The fourth-order valence-electron chi connectivity index (χ4n) is 1.60. The third-order valence-corrected chi connectivity index (χ3v) is 4.33. The first-order valence-corrected chi connectivity index (χ1v) is 7.44. The summed E-state index contributed by atoms with van der Waals surface area (Å²) in [5, 5.41) is -0.124. The normalized spacial score (nSPS) is 40.9. The van der Waals surface area contributed by atoms with E-state index in [1.165, 1.54) is 0 Å². The van der Waals surface area contributed by atoms with Crippen molar-refractivity contribution in [3.8, 4) is 0 Å². The van der Waals surface area contributed by atoms with Gasteiger partial charge in [0.1, 0.15) is 0 Å². The topological polar surface area (TPSA) is 95.6 Å². The second-order valence-corrected chi connectivity index (χ2v) is 6.56. The monoisotopic (exact) mass is 327 g/mol. The summed E-state index contributed by atoms with van der Waals surface area (Å²) >= 11 is 11.3. The summed E-state index contributed by atoms with van der Waals surface area (Å²) in [5.41, 5.74) is -0.544. The summed E-state index contributed by atoms with van der Waals surface area (Å²) in [4.78, 5) is 22.7. The van der Waals surface area contributed by atoms with Crippen LogP contribution in [0.1, 0.15) is 0 Å². The number of aliphatic imine (C=N–C) groups is 3. The molecule has 4 aliphatic rings. The zero-order valence-corrected chi connectivity index (χ0v) is 11.8. The molecule has 0 atom stereocenters. The van der Waals surface area contributed by atoms with Gasteiger partial charge in [0.05, 0.1) is 0 Å². The molecule has 0 amide bonds. The van der Waals surface area contributed by atoms with Crippen molar-refractivity contribution in [2.75, 3.05) is 26.4 Å². The number of ether oxygens (including phenoxy) is 1. The van der Waals surface area contributed by atoms with Gasteiger partial charge in [0.2, 0.25) is 0 Å². The minimum absolute atomic E-state index is 0.00120. The zero-order valence-electron chi connectivity index (χ0n) is 9.41. The number of hydrogen-bond donors (Lipinski definition) is 0. The van der Waals surface area contributed by atoms with Crippen LogP contribution < -0.4 is 4.99 Å². The average molecular weight is 328 g/mol. The van der Waals surface area contributed by atoms with Gasteiger partial charge in [-0.05, 0) is 0 Å². The van der Waals surface area contributed by atoms with Gasteiger partial charge < -0.3 is 0 Å². The van der Waals surface area contributed by atoms with Gasteiger partial charge >= 0.3 is 118 Å². The summed E-state index contributed by atoms with van der Waals surface area (Å²) < 4.78 is 20.5. The van der Waals surface area contributed by atoms with Crippen LogP contribution in [0, 0.1) is 5.41 Å². The standard InChI is InChI=1S/C8H8Cl2N3O5P/c9-5-11-6(10)13-7(12-5)15-1-8-2-16-19(14,17-3-8)18-4-8/h1-4H2. The van der Waals surface area contributed by atoms with Crippen molar-refractivity contribution in [1.82, 2.24) is 4.99 Å². The third kappa shape index (κ3) is 2.90. The van der Waals surface area contributed by atoms with Crippen LogP contribution in [0.4, 0.5) is 0 Å². The molecule has 4 aliphatic heterocycles. The van der Waals surface area contributed by atoms with E-state index < -0.39 is 13.6 Å². The molecule has 2 radical (unpaired) electrons. The van der Waals surface area contributed by atoms with Crippen molar-refractivity contribution in [3.05, 3.63) is 0 Å². The first kappa shape index (κ1) is 13.6. The van der Waals surface area contributed by atoms with Gasteiger partial charge in [-0.15, -0.1) is 0 Å². The molecule has 0 N–H and O–H groups in total. The minimum atomic E-state index is -3.32. The number of amidine groups is 3. The van der Waals surface area contributed by atoms with Gasteiger partial charge in [0, 0.05) is 0 Å². The van der Waals surface area contributed by atoms with Gasteiger partial charge in [-0.1, -0.05) is 0 Å². The maximum absolute atomic E-state index is 11.6. The van der Waals surface area contributed by atoms with E-state index in [2.05, 4.69) is 15.0 Å². The molecule has 0 saturated carbocycles. The second-order valence-electron chi connectivity index (χ2n) is 4.21. The number of hydrogen-bond acceptors (Lipinski definition) is 7. The fraction of sp³-hybridized carbons (Fsp3) is 0.625. The molecular weight excluding hydrogens is 320 g/mol. The number of nitrogens with zero attached hydrogens (tertiary/aromatic N) is 3. The Bertz CT molecular complexity index is 469. The predicted octanol–water partition coefficient (Wildman–Crippen LogP) is 1.07. The van der Waals surface area contributed by atoms with E-state index in [-0.39, 0.29) is 43.0 Å². The number of fused-ring (bicyclic) bond motifs is 3. The van der Waals surface area contributed by atoms with Crippen molar-refractivity contribution in [2.45, 2.75) is 0 Å². The summed E-state index contributed by atoms with van der Waals surface area (Å²) in [5.74, 6) is 0. The summed E-state index contributed by atoms with van der Waals surface area (Å²) in [6.07, 6.45) is 0. The van der Waals surface area contributed by atoms with Crippen LogP contribution in [0.2, 0.25) is 0 Å². The predicted molar refractivity (Wildman–Crippen MR) is 67.6 cm³/mol. The summed E-state index contributed by atoms with van der Waals surface area (Å²) in [7, 11) is -3.32. The van der Waals surface area contributed by atoms with Gasteiger partial charge in [0.25, 0.3) is 0 Å². The molecule has 4 heterocycles. The second kappa shape index (κ2) is 4.89. The molecule has 0 aliphatic carbocycles. The van der Waals surface area contributed by atoms with E-state index >= 15 is 0 Å². The van der Waals surface area contributed by atoms with Crippen LogP contribution in [0.5, 0.6) is 0 Å². The molecule has 0 aromatic heterocycles. The van der Waals surface area contributed by atoms with Crippen molar-refractivity contribution >= 4 is 48.0 Å². The summed E-state index contributed by atoms with van der Waals surface area (Å²) in [6, 6.07) is -0.00120. The van der Waals surface area contributed by atoms with E-state index in [1.54, 1.807) is 0 Å². The van der Waals surface area contributed by atoms with Crippen LogP contribution in [0.3, 0.4) is 0 Å². The molecule has 104 valence electrons. The van der Waals surface area contributed by atoms with Crippen LogP contribution in [0.15, 0.2) is 9.98 Å². The molecule has 0 aromatic rings. The molecule has 0 unspecified atom stereocenters. The quantitative estimate of drug-likeness (QED) is 0.559. The van der Waals surface area contributed by atoms with Crippen molar-refractivity contribution < 1.29 is 23.2 Å². The van der Waals surface area contributed by atoms with Crippen LogP contribution in [0.25, 0.3) is 0 Å². The van der Waals surface area contributed by atoms with E-state index in [0.717, 1.165) is 0 Å². The molecular formula is C8H8Cl2N3O5P. The van der Waals surface area contributed by atoms with Gasteiger partial charge in [-0.25, -0.2) is 0 Å². The molecule has 8 nitrogen and oxygen atoms in total. The summed E-state index contributed by atoms with van der Waals surface area (Å²) in [6.45, 7) is 0.814. The molecule has 11 heteroatoms. The van der Waals surface area contributed by atoms with Gasteiger partial charge in [0.15, 0.2) is 0 Å². The van der Waals surface area contributed by atoms with Crippen LogP contribution in [-0.2, 0) is 23.2 Å². The van der Waals surface area contributed by atoms with E-state index in [1.807, 2.05) is 0 Å². The zero-order chi connectivity index (χ0) is 13.5. The van der Waals surface area contributed by atoms with Gasteiger partial charge in [-0.2, -0.15) is 0 Å². The van der Waals surface area contributed by atoms with E-state index in [0.29, 0.717) is 0 Å². The number of halogens is 2. The van der Waals surface area contributed by atoms with Crippen molar-refractivity contribution in [1.29, 1.82) is 0 Å². The third-order valence-electron chi connectivity index (χ3n) is 2.65. The van der Waals surface area contributed by atoms with E-state index in [9.17, 15) is 4.89 Å². The van der Waals surface area contributed by atoms with Crippen LogP contribution in [-0.4, -0.2) is 43.0 Å². The first-order valence-electron chi connectivity index (χ1n) is 5.22. The Hall–Kier alpha value is -0.340. The number of rotatable bonds is 2. The Morgan fingerprint density at radius 3 is 2.47 bits per heavy atom. The molecule has 0 aromatic carbocycles. The Balaban J connectivity index is 1.63. The Labute approximate surface area is 118 Å². The molecule has 2 bridgehead atoms. The Morgan fingerprint density at radius 1 is 1.26 bits per heavy atom. The molecule has 3 saturated heterocycles. The Kier molecular flexibility index (Phi) is 3.51. The maximum atomic E-state index is 11.6. The van der Waals surface area contributed by atoms with Crippen LogP contribution >= 0.6 is 31.4 Å². The molecule has 19 heavy (non-hydrogen) atoms. The van der Waals surface area contributed by atoms with Crippen molar-refractivity contribution in [3.63, 3.8) is 0 Å². The SMILES string of the molecule is [O][P-]12OCC(COC3=NC(Cl)=[N+]C(Cl)=N3)(CO1)CO2. The fourth-order valence-corrected chi connectivity index (χ4v) is 3.47. The van der Waals surface area contributed by atoms with Crippen molar-refractivity contribution in [2.24, 2.45) is 15.4 Å². The molecule has 0 spiro atoms. The van der Waals surface area contributed by atoms with Gasteiger partial charge in [-0.3, -0.25) is 0 Å². The first-order chi connectivity index (χ1) is 8.99. The molecule has 3 fully saturated rings. The van der Waals surface area contributed by atoms with E-state index in [4.69, 9.17) is 41.5 Å². The molecule has 4 rings (SSSR count).